The molecule has 2 aliphatic rings. The van der Waals surface area contributed by atoms with Gasteiger partial charge in [-0.1, -0.05) is 17.8 Å². The van der Waals surface area contributed by atoms with Crippen molar-refractivity contribution in [2.24, 2.45) is 4.99 Å². The number of nitrogens with one attached hydrogen (secondary N) is 1. The van der Waals surface area contributed by atoms with Gasteiger partial charge in [0.1, 0.15) is 0 Å². The lowest BCUT2D eigenvalue weighted by Crippen LogP contribution is -2.37. The number of amides is 1. The highest BCUT2D eigenvalue weighted by molar-refractivity contribution is 8.16. The molecule has 1 N–H and O–H groups in total. The molecule has 6 nitrogen and oxygen atoms in total. The number of hydrogen-bond acceptors (Lipinski definition) is 8. The van der Waals surface area contributed by atoms with Gasteiger partial charge in [0, 0.05) is 17.1 Å². The first-order chi connectivity index (χ1) is 14.6. The molecule has 0 fully saturated rings. The number of rotatable bonds is 7. The number of esters is 1. The Balaban J connectivity index is 1.52. The lowest BCUT2D eigenvalue weighted by molar-refractivity contribution is -0.136. The Hall–Kier alpha value is -2.36. The van der Waals surface area contributed by atoms with Crippen molar-refractivity contribution in [2.45, 2.75) is 25.8 Å². The predicted octanol–water partition coefficient (Wildman–Crippen LogP) is 4.31. The van der Waals surface area contributed by atoms with Crippen molar-refractivity contribution in [3.05, 3.63) is 67.2 Å². The minimum Gasteiger partial charge on any atom is -0.466 e. The van der Waals surface area contributed by atoms with Gasteiger partial charge in [0.2, 0.25) is 5.91 Å². The zero-order valence-electron chi connectivity index (χ0n) is 16.6. The number of carbonyl (C=O) groups excluding carboxylic acids is 2. The third kappa shape index (κ3) is 4.23. The second-order valence-corrected chi connectivity index (χ2v) is 9.45. The van der Waals surface area contributed by atoms with E-state index in [0.717, 1.165) is 22.8 Å². The number of aliphatic imine (C=N–C) groups is 1. The Morgan fingerprint density at radius 2 is 2.17 bits per heavy atom. The molecule has 0 spiro atoms. The van der Waals surface area contributed by atoms with Crippen molar-refractivity contribution in [3.63, 3.8) is 0 Å². The number of allylic oxidation sites excluding steroid dienone is 1. The smallest absolute Gasteiger partial charge is 0.338 e. The van der Waals surface area contributed by atoms with Crippen LogP contribution in [0.15, 0.2) is 61.7 Å². The molecule has 30 heavy (non-hydrogen) atoms. The SMILES string of the molecule is COC(=O)C1=C(C)N=C2SC=C(CC(=O)NCCc3cccs3)N2[C@H]1c1ccsc1. The number of ether oxygens (including phenoxy) is 1. The summed E-state index contributed by atoms with van der Waals surface area (Å²) in [7, 11) is 1.38. The van der Waals surface area contributed by atoms with E-state index in [1.807, 2.05) is 45.5 Å². The highest BCUT2D eigenvalue weighted by Crippen LogP contribution is 2.45. The van der Waals surface area contributed by atoms with Gasteiger partial charge in [0.25, 0.3) is 0 Å². The van der Waals surface area contributed by atoms with Crippen molar-refractivity contribution in [3.8, 4) is 0 Å². The average molecular weight is 460 g/mol. The van der Waals surface area contributed by atoms with Gasteiger partial charge in [0.05, 0.1) is 30.8 Å². The van der Waals surface area contributed by atoms with Crippen molar-refractivity contribution in [1.29, 1.82) is 0 Å². The zero-order valence-corrected chi connectivity index (χ0v) is 19.0. The van der Waals surface area contributed by atoms with Gasteiger partial charge in [-0.2, -0.15) is 11.3 Å². The molecular formula is C21H21N3O3S3. The van der Waals surface area contributed by atoms with Crippen LogP contribution in [0, 0.1) is 0 Å². The quantitative estimate of drug-likeness (QED) is 0.625. The highest BCUT2D eigenvalue weighted by Gasteiger charge is 2.41. The minimum absolute atomic E-state index is 0.0467. The first-order valence-electron chi connectivity index (χ1n) is 9.42. The van der Waals surface area contributed by atoms with E-state index in [1.165, 1.54) is 23.7 Å². The molecule has 0 aliphatic carbocycles. The number of nitrogens with zero attached hydrogens (tertiary/aromatic N) is 2. The third-order valence-corrected chi connectivity index (χ3v) is 7.41. The van der Waals surface area contributed by atoms with Crippen LogP contribution in [-0.4, -0.2) is 35.6 Å². The maximum absolute atomic E-state index is 12.6. The van der Waals surface area contributed by atoms with Gasteiger partial charge in [-0.25, -0.2) is 9.79 Å². The summed E-state index contributed by atoms with van der Waals surface area (Å²) in [5.41, 5.74) is 2.97. The van der Waals surface area contributed by atoms with E-state index in [1.54, 1.807) is 22.7 Å². The Morgan fingerprint density at radius 3 is 2.87 bits per heavy atom. The molecule has 1 amide bonds. The molecule has 0 bridgehead atoms. The molecule has 156 valence electrons. The first kappa shape index (κ1) is 20.9. The van der Waals surface area contributed by atoms with Crippen LogP contribution in [0.3, 0.4) is 0 Å². The van der Waals surface area contributed by atoms with Crippen LogP contribution < -0.4 is 5.32 Å². The molecule has 0 saturated heterocycles. The molecule has 2 aliphatic heterocycles. The van der Waals surface area contributed by atoms with E-state index >= 15 is 0 Å². The number of methoxy groups -OCH3 is 1. The molecule has 0 saturated carbocycles. The fourth-order valence-electron chi connectivity index (χ4n) is 3.49. The summed E-state index contributed by atoms with van der Waals surface area (Å²) in [6, 6.07) is 5.73. The van der Waals surface area contributed by atoms with Crippen molar-refractivity contribution in [1.82, 2.24) is 10.2 Å². The molecule has 9 heteroatoms. The van der Waals surface area contributed by atoms with Crippen molar-refractivity contribution < 1.29 is 14.3 Å². The molecule has 1 atom stereocenters. The Kier molecular flexibility index (Phi) is 6.40. The van der Waals surface area contributed by atoms with E-state index in [-0.39, 0.29) is 18.4 Å². The largest absolute Gasteiger partial charge is 0.466 e. The molecule has 4 rings (SSSR count). The lowest BCUT2D eigenvalue weighted by Gasteiger charge is -2.35. The van der Waals surface area contributed by atoms with Crippen LogP contribution >= 0.6 is 34.4 Å². The minimum atomic E-state index is -0.400. The second kappa shape index (κ2) is 9.20. The molecule has 2 aromatic heterocycles. The Morgan fingerprint density at radius 1 is 1.30 bits per heavy atom. The molecule has 0 unspecified atom stereocenters. The summed E-state index contributed by atoms with van der Waals surface area (Å²) in [5, 5.41) is 11.8. The van der Waals surface area contributed by atoms with E-state index in [9.17, 15) is 9.59 Å². The van der Waals surface area contributed by atoms with Crippen LogP contribution in [0.2, 0.25) is 0 Å². The van der Waals surface area contributed by atoms with Crippen LogP contribution in [0.25, 0.3) is 0 Å². The van der Waals surface area contributed by atoms with Gasteiger partial charge in [0.15, 0.2) is 5.17 Å². The Labute approximate surface area is 187 Å². The second-order valence-electron chi connectivity index (χ2n) is 6.80. The van der Waals surface area contributed by atoms with Crippen molar-refractivity contribution >= 4 is 51.5 Å². The van der Waals surface area contributed by atoms with Gasteiger partial charge < -0.3 is 15.0 Å². The van der Waals surface area contributed by atoms with Crippen LogP contribution in [0.4, 0.5) is 0 Å². The summed E-state index contributed by atoms with van der Waals surface area (Å²) in [4.78, 5) is 33.0. The first-order valence-corrected chi connectivity index (χ1v) is 12.1. The van der Waals surface area contributed by atoms with Crippen LogP contribution in [0.5, 0.6) is 0 Å². The average Bonchev–Trinajstić information content (AvgIpc) is 3.49. The number of hydrogen-bond donors (Lipinski definition) is 1. The molecule has 2 aromatic rings. The van der Waals surface area contributed by atoms with Gasteiger partial charge in [-0.05, 0) is 52.6 Å². The topological polar surface area (TPSA) is 71.0 Å². The molecule has 0 radical (unpaired) electrons. The van der Waals surface area contributed by atoms with Gasteiger partial charge in [-0.15, -0.1) is 11.3 Å². The monoisotopic (exact) mass is 459 g/mol. The lowest BCUT2D eigenvalue weighted by atomic mass is 9.96. The summed E-state index contributed by atoms with van der Waals surface area (Å²) < 4.78 is 5.05. The fraction of sp³-hybridized carbons (Fsp3) is 0.286. The fourth-order valence-corrected chi connectivity index (χ4v) is 5.85. The maximum atomic E-state index is 12.6. The van der Waals surface area contributed by atoms with Gasteiger partial charge in [-0.3, -0.25) is 4.79 Å². The van der Waals surface area contributed by atoms with E-state index < -0.39 is 5.97 Å². The van der Waals surface area contributed by atoms with Crippen LogP contribution in [0.1, 0.15) is 29.8 Å². The number of amidine groups is 1. The standard InChI is InChI=1S/C21H21N3O3S3/c1-13-18(20(26)27-2)19(14-6-9-28-11-14)24-15(12-30-21(24)23-13)10-17(25)22-7-5-16-4-3-8-29-16/h3-4,6,8-9,11-12,19H,5,7,10H2,1-2H3,(H,22,25)/t19-/m0/s1. The predicted molar refractivity (Wildman–Crippen MR) is 122 cm³/mol. The number of thioether (sulfide) groups is 1. The van der Waals surface area contributed by atoms with Crippen molar-refractivity contribution in [2.75, 3.05) is 13.7 Å². The van der Waals surface area contributed by atoms with Crippen LogP contribution in [-0.2, 0) is 20.7 Å². The number of fused-ring (bicyclic) bond motifs is 1. The van der Waals surface area contributed by atoms with E-state index in [0.29, 0.717) is 17.8 Å². The Bertz CT molecular complexity index is 1020. The molecule has 0 aromatic carbocycles. The maximum Gasteiger partial charge on any atom is 0.338 e. The third-order valence-electron chi connectivity index (χ3n) is 4.88. The molecule has 4 heterocycles. The summed E-state index contributed by atoms with van der Waals surface area (Å²) >= 11 is 4.73. The number of thiophene rings is 2. The zero-order chi connectivity index (χ0) is 21.1. The normalized spacial score (nSPS) is 18.1. The summed E-state index contributed by atoms with van der Waals surface area (Å²) in [6.45, 7) is 2.42. The highest BCUT2D eigenvalue weighted by atomic mass is 32.2. The summed E-state index contributed by atoms with van der Waals surface area (Å²) in [6.07, 6.45) is 1.05. The summed E-state index contributed by atoms with van der Waals surface area (Å²) in [5.74, 6) is -0.447. The van der Waals surface area contributed by atoms with Gasteiger partial charge >= 0.3 is 5.97 Å². The van der Waals surface area contributed by atoms with E-state index in [2.05, 4.69) is 16.4 Å². The van der Waals surface area contributed by atoms with E-state index in [4.69, 9.17) is 4.74 Å². The number of carbonyl (C=O) groups is 2. The molecular weight excluding hydrogens is 438 g/mol.